The third-order valence-electron chi connectivity index (χ3n) is 8.76. The van der Waals surface area contributed by atoms with Crippen LogP contribution in [0.15, 0.2) is 54.7 Å². The molecule has 3 aromatic rings. The van der Waals surface area contributed by atoms with Crippen LogP contribution in [0.3, 0.4) is 0 Å². The van der Waals surface area contributed by atoms with E-state index in [-0.39, 0.29) is 44.5 Å². The van der Waals surface area contributed by atoms with Crippen LogP contribution in [0.25, 0.3) is 5.69 Å². The van der Waals surface area contributed by atoms with Gasteiger partial charge in [0.2, 0.25) is 35.4 Å². The summed E-state index contributed by atoms with van der Waals surface area (Å²) >= 11 is 0. The van der Waals surface area contributed by atoms with Crippen molar-refractivity contribution >= 4 is 49.0 Å². The molecule has 2 aliphatic rings. The predicted molar refractivity (Wildman–Crippen MR) is 202 cm³/mol. The summed E-state index contributed by atoms with van der Waals surface area (Å²) in [5.74, 6) is -4.76. The highest BCUT2D eigenvalue weighted by Gasteiger charge is 2.30. The van der Waals surface area contributed by atoms with Crippen molar-refractivity contribution in [3.05, 3.63) is 81.7 Å². The van der Waals surface area contributed by atoms with Crippen LogP contribution in [0.2, 0.25) is 0 Å². The molecule has 318 valence electrons. The van der Waals surface area contributed by atoms with Crippen molar-refractivity contribution in [3.63, 3.8) is 0 Å². The molecule has 3 heterocycles. The summed E-state index contributed by atoms with van der Waals surface area (Å²) in [7, 11) is -4.97. The van der Waals surface area contributed by atoms with Crippen LogP contribution in [0.5, 0.6) is 0 Å². The molecule has 4 bridgehead atoms. The summed E-state index contributed by atoms with van der Waals surface area (Å²) in [6.45, 7) is -2.46. The molecule has 0 fully saturated rings. The number of carbonyl (C=O) groups is 6. The number of hydrogen-bond acceptors (Lipinski definition) is 14. The molecule has 0 saturated carbocycles. The number of nitro groups is 1. The van der Waals surface area contributed by atoms with E-state index in [1.807, 2.05) is 0 Å². The number of non-ortho nitro benzene ring substituents is 1. The van der Waals surface area contributed by atoms with Crippen LogP contribution in [0.1, 0.15) is 29.7 Å². The molecule has 24 nitrogen and oxygen atoms in total. The molecule has 11 N–H and O–H groups in total. The summed E-state index contributed by atoms with van der Waals surface area (Å²) in [5, 5.41) is 39.5. The van der Waals surface area contributed by atoms with Gasteiger partial charge in [-0.25, -0.2) is 9.25 Å². The Labute approximate surface area is 335 Å². The summed E-state index contributed by atoms with van der Waals surface area (Å²) in [5.41, 5.74) is 12.9. The van der Waals surface area contributed by atoms with Crippen LogP contribution in [-0.4, -0.2) is 132 Å². The standard InChI is InChI=1S/C34H44N11O13P/c35-26(19-58-59(55,56)57)32(50)40-27-13-20-1-5-24(6-2-20)44-16-22(41-42-44)10-12-43(17-29(36)47)34(52)28(14-21-3-7-25(8-4-21)45(53)54)39-30(48)9-11-37-31(49)15-23(18-46)38-33(27)51/h1-8,16,23,26-28,46H,9-15,17-19,35H2,(H2,36,47)(H,37,49)(H,38,51)(H,39,48)(H,40,50)(H2,55,56,57)/t23-,26+,27+,28+/m1/s1. The van der Waals surface area contributed by atoms with Gasteiger partial charge in [0.05, 0.1) is 48.3 Å². The van der Waals surface area contributed by atoms with E-state index in [0.717, 1.165) is 4.90 Å². The van der Waals surface area contributed by atoms with Gasteiger partial charge in [0.15, 0.2) is 0 Å². The Bertz CT molecular complexity index is 2040. The number of hydrogen-bond donors (Lipinski definition) is 9. The number of phosphoric acid groups is 1. The van der Waals surface area contributed by atoms with E-state index in [1.165, 1.54) is 28.9 Å². The van der Waals surface area contributed by atoms with Crippen molar-refractivity contribution in [1.82, 2.24) is 41.2 Å². The number of rotatable bonds is 11. The fraction of sp³-hybridized carbons (Fsp3) is 0.412. The Kier molecular flexibility index (Phi) is 16.2. The third kappa shape index (κ3) is 14.6. The number of nitrogens with one attached hydrogen (secondary N) is 4. The molecule has 2 aromatic carbocycles. The molecule has 25 heteroatoms. The number of nitrogens with two attached hydrogens (primary N) is 2. The Morgan fingerprint density at radius 1 is 1.03 bits per heavy atom. The lowest BCUT2D eigenvalue weighted by Crippen LogP contribution is -2.55. The number of benzene rings is 2. The molecule has 0 spiro atoms. The molecule has 6 amide bonds. The number of carbonyl (C=O) groups excluding carboxylic acids is 6. The van der Waals surface area contributed by atoms with Crippen LogP contribution < -0.4 is 32.7 Å². The second-order valence-electron chi connectivity index (χ2n) is 13.4. The first-order valence-electron chi connectivity index (χ1n) is 17.9. The van der Waals surface area contributed by atoms with E-state index in [4.69, 9.17) is 21.3 Å². The van der Waals surface area contributed by atoms with Gasteiger partial charge < -0.3 is 52.5 Å². The Hall–Kier alpha value is -6.17. The Balaban J connectivity index is 1.62. The van der Waals surface area contributed by atoms with E-state index in [2.05, 4.69) is 36.1 Å². The van der Waals surface area contributed by atoms with Gasteiger partial charge in [0, 0.05) is 57.3 Å². The molecule has 0 aliphatic carbocycles. The molecule has 2 aliphatic heterocycles. The van der Waals surface area contributed by atoms with Crippen LogP contribution in [0.4, 0.5) is 5.69 Å². The number of amides is 6. The van der Waals surface area contributed by atoms with Gasteiger partial charge in [-0.15, -0.1) is 5.10 Å². The maximum Gasteiger partial charge on any atom is 0.469 e. The van der Waals surface area contributed by atoms with Crippen LogP contribution >= 0.6 is 7.82 Å². The lowest BCUT2D eigenvalue weighted by atomic mass is 10.0. The zero-order valence-electron chi connectivity index (χ0n) is 31.3. The first-order chi connectivity index (χ1) is 27.9. The minimum absolute atomic E-state index is 0.0849. The fourth-order valence-electron chi connectivity index (χ4n) is 5.76. The first-order valence-corrected chi connectivity index (χ1v) is 19.5. The summed E-state index contributed by atoms with van der Waals surface area (Å²) < 4.78 is 16.8. The van der Waals surface area contributed by atoms with Crippen molar-refractivity contribution in [2.45, 2.75) is 56.3 Å². The third-order valence-corrected chi connectivity index (χ3v) is 9.25. The van der Waals surface area contributed by atoms with Gasteiger partial charge >= 0.3 is 7.82 Å². The molecule has 1 aromatic heterocycles. The number of aliphatic hydroxyl groups is 1. The van der Waals surface area contributed by atoms with E-state index in [1.54, 1.807) is 30.5 Å². The normalized spacial score (nSPS) is 19.5. The summed E-state index contributed by atoms with van der Waals surface area (Å²) in [4.78, 5) is 108. The number of primary amides is 1. The number of fused-ring (bicyclic) bond motifs is 18. The van der Waals surface area contributed by atoms with Gasteiger partial charge in [-0.1, -0.05) is 29.5 Å². The monoisotopic (exact) mass is 845 g/mol. The molecule has 0 radical (unpaired) electrons. The molecule has 0 unspecified atom stereocenters. The van der Waals surface area contributed by atoms with Crippen molar-refractivity contribution < 1.29 is 57.7 Å². The average Bonchev–Trinajstić information content (AvgIpc) is 3.66. The van der Waals surface area contributed by atoms with Gasteiger partial charge in [0.1, 0.15) is 18.1 Å². The van der Waals surface area contributed by atoms with Crippen molar-refractivity contribution in [2.75, 3.05) is 32.8 Å². The van der Waals surface area contributed by atoms with Gasteiger partial charge in [-0.2, -0.15) is 0 Å². The van der Waals surface area contributed by atoms with Crippen molar-refractivity contribution in [2.24, 2.45) is 11.5 Å². The molecule has 5 rings (SSSR count). The smallest absolute Gasteiger partial charge is 0.394 e. The molecular weight excluding hydrogens is 801 g/mol. The summed E-state index contributed by atoms with van der Waals surface area (Å²) in [6, 6.07) is 6.33. The van der Waals surface area contributed by atoms with Gasteiger partial charge in [-0.05, 0) is 23.3 Å². The minimum Gasteiger partial charge on any atom is -0.394 e. The SMILES string of the molecule is NC(=O)CN1CCc2cn(nn2)-c2ccc(cc2)C[C@H](NC(=O)[C@@H](N)COP(=O)(O)O)C(=O)N[C@@H](CO)CC(=O)NCCC(=O)N[C@@H](Cc2ccc([N+](=O)[O-])cc2)C1=O. The zero-order valence-corrected chi connectivity index (χ0v) is 32.2. The molecule has 59 heavy (non-hydrogen) atoms. The van der Waals surface area contributed by atoms with E-state index >= 15 is 0 Å². The summed E-state index contributed by atoms with van der Waals surface area (Å²) in [6.07, 6.45) is 0.552. The number of nitrogens with zero attached hydrogens (tertiary/aromatic N) is 5. The van der Waals surface area contributed by atoms with E-state index in [9.17, 15) is 48.6 Å². The largest absolute Gasteiger partial charge is 0.469 e. The Morgan fingerprint density at radius 3 is 2.36 bits per heavy atom. The second-order valence-corrected chi connectivity index (χ2v) is 14.6. The highest BCUT2D eigenvalue weighted by molar-refractivity contribution is 7.46. The van der Waals surface area contributed by atoms with Gasteiger partial charge in [-0.3, -0.25) is 43.4 Å². The average molecular weight is 846 g/mol. The highest BCUT2D eigenvalue weighted by Crippen LogP contribution is 2.35. The van der Waals surface area contributed by atoms with Crippen LogP contribution in [-0.2, 0) is 57.1 Å². The quantitative estimate of drug-likeness (QED) is 0.0516. The zero-order chi connectivity index (χ0) is 43.3. The molecule has 0 saturated heterocycles. The van der Waals surface area contributed by atoms with E-state index < -0.39 is 98.5 Å². The minimum atomic E-state index is -4.97. The topological polar surface area (TPSA) is 367 Å². The number of aliphatic hydroxyl groups excluding tert-OH is 1. The molecule has 4 atom stereocenters. The molecular formula is C34H44N11O13P. The maximum absolute atomic E-state index is 13.9. The second kappa shape index (κ2) is 21.0. The number of nitro benzene ring substituents is 1. The van der Waals surface area contributed by atoms with Crippen molar-refractivity contribution in [1.29, 1.82) is 0 Å². The lowest BCUT2D eigenvalue weighted by Gasteiger charge is -2.27. The van der Waals surface area contributed by atoms with Crippen molar-refractivity contribution in [3.8, 4) is 5.69 Å². The van der Waals surface area contributed by atoms with Crippen LogP contribution in [0, 0.1) is 10.1 Å². The van der Waals surface area contributed by atoms with E-state index in [0.29, 0.717) is 22.5 Å². The number of phosphoric ester groups is 1. The number of aromatic nitrogens is 3. The predicted octanol–water partition coefficient (Wildman–Crippen LogP) is -3.39. The Morgan fingerprint density at radius 2 is 1.73 bits per heavy atom. The maximum atomic E-state index is 13.9. The first kappa shape index (κ1) is 45.5. The van der Waals surface area contributed by atoms with Gasteiger partial charge in [0.25, 0.3) is 5.69 Å². The lowest BCUT2D eigenvalue weighted by molar-refractivity contribution is -0.384. The highest BCUT2D eigenvalue weighted by atomic mass is 31.2. The fourth-order valence-corrected chi connectivity index (χ4v) is 6.11.